The Morgan fingerprint density at radius 3 is 2.62 bits per heavy atom. The van der Waals surface area contributed by atoms with E-state index in [-0.39, 0.29) is 24.0 Å². The Morgan fingerprint density at radius 2 is 1.96 bits per heavy atom. The molecule has 0 amide bonds. The predicted octanol–water partition coefficient (Wildman–Crippen LogP) is 2.62. The minimum atomic E-state index is 0. The van der Waals surface area contributed by atoms with E-state index in [1.807, 2.05) is 7.05 Å². The van der Waals surface area contributed by atoms with Crippen LogP contribution in [-0.4, -0.2) is 75.5 Å². The largest absolute Gasteiger partial charge is 0.379 e. The summed E-state index contributed by atoms with van der Waals surface area (Å²) in [5, 5.41) is 6.80. The molecular formula is C19H39IN4O2. The molecule has 0 aromatic carbocycles. The predicted molar refractivity (Wildman–Crippen MR) is 119 cm³/mol. The van der Waals surface area contributed by atoms with Crippen LogP contribution in [0.5, 0.6) is 0 Å². The monoisotopic (exact) mass is 482 g/mol. The van der Waals surface area contributed by atoms with E-state index in [1.54, 1.807) is 0 Å². The fraction of sp³-hybridized carbons (Fsp3) is 0.947. The normalized spacial score (nSPS) is 24.4. The first-order valence-corrected chi connectivity index (χ1v) is 10.1. The molecule has 0 aromatic heterocycles. The minimum absolute atomic E-state index is 0. The molecule has 2 aliphatic rings. The zero-order valence-corrected chi connectivity index (χ0v) is 19.2. The van der Waals surface area contributed by atoms with Gasteiger partial charge in [-0.25, -0.2) is 0 Å². The van der Waals surface area contributed by atoms with Crippen molar-refractivity contribution < 1.29 is 9.47 Å². The van der Waals surface area contributed by atoms with Gasteiger partial charge in [-0.2, -0.15) is 0 Å². The van der Waals surface area contributed by atoms with Crippen molar-refractivity contribution in [2.24, 2.45) is 4.99 Å². The van der Waals surface area contributed by atoms with Crippen LogP contribution in [0.15, 0.2) is 4.99 Å². The summed E-state index contributed by atoms with van der Waals surface area (Å²) in [5.41, 5.74) is 0. The third-order valence-electron chi connectivity index (χ3n) is 5.32. The molecule has 26 heavy (non-hydrogen) atoms. The Labute approximate surface area is 176 Å². The van der Waals surface area contributed by atoms with E-state index in [2.05, 4.69) is 34.4 Å². The van der Waals surface area contributed by atoms with Crippen molar-refractivity contribution in [3.8, 4) is 0 Å². The first-order chi connectivity index (χ1) is 12.2. The van der Waals surface area contributed by atoms with E-state index in [0.29, 0.717) is 18.2 Å². The summed E-state index contributed by atoms with van der Waals surface area (Å²) in [4.78, 5) is 6.82. The van der Waals surface area contributed by atoms with Gasteiger partial charge in [0, 0.05) is 38.8 Å². The zero-order chi connectivity index (χ0) is 17.9. The Morgan fingerprint density at radius 1 is 1.23 bits per heavy atom. The van der Waals surface area contributed by atoms with Gasteiger partial charge in [0.1, 0.15) is 0 Å². The highest BCUT2D eigenvalue weighted by molar-refractivity contribution is 14.0. The second-order valence-electron chi connectivity index (χ2n) is 7.38. The highest BCUT2D eigenvalue weighted by Crippen LogP contribution is 2.19. The molecule has 154 valence electrons. The summed E-state index contributed by atoms with van der Waals surface area (Å²) in [6, 6.07) is 0.938. The number of morpholine rings is 1. The maximum absolute atomic E-state index is 6.03. The Bertz CT molecular complexity index is 390. The lowest BCUT2D eigenvalue weighted by Crippen LogP contribution is -2.53. The number of halogens is 1. The van der Waals surface area contributed by atoms with Crippen LogP contribution in [0, 0.1) is 0 Å². The number of ether oxygens (including phenoxy) is 2. The van der Waals surface area contributed by atoms with Crippen LogP contribution in [0.3, 0.4) is 0 Å². The standard InChI is InChI=1S/C19H38N4O2.HI/c1-16(23-11-13-24-15-17(23)2)14-22-19(20-3)21-10-12-25-18-8-6-4-5-7-9-18;/h16-18H,4-15H2,1-3H3,(H2,20,21,22);1H. The third-order valence-corrected chi connectivity index (χ3v) is 5.32. The van der Waals surface area contributed by atoms with E-state index in [0.717, 1.165) is 45.4 Å². The molecule has 1 aliphatic carbocycles. The fourth-order valence-electron chi connectivity index (χ4n) is 3.78. The number of guanidine groups is 1. The maximum atomic E-state index is 6.03. The summed E-state index contributed by atoms with van der Waals surface area (Å²) >= 11 is 0. The van der Waals surface area contributed by atoms with Crippen LogP contribution >= 0.6 is 24.0 Å². The van der Waals surface area contributed by atoms with Gasteiger partial charge < -0.3 is 20.1 Å². The van der Waals surface area contributed by atoms with Gasteiger partial charge in [-0.3, -0.25) is 9.89 Å². The van der Waals surface area contributed by atoms with Gasteiger partial charge in [0.05, 0.1) is 25.9 Å². The quantitative estimate of drug-likeness (QED) is 0.192. The molecule has 0 bridgehead atoms. The molecule has 1 aliphatic heterocycles. The summed E-state index contributed by atoms with van der Waals surface area (Å²) in [6.07, 6.45) is 8.29. The Kier molecular flexibility index (Phi) is 12.8. The van der Waals surface area contributed by atoms with Gasteiger partial charge in [-0.05, 0) is 26.7 Å². The lowest BCUT2D eigenvalue weighted by atomic mass is 10.1. The molecule has 0 spiro atoms. The number of hydrogen-bond donors (Lipinski definition) is 2. The number of hydrogen-bond acceptors (Lipinski definition) is 4. The average molecular weight is 482 g/mol. The summed E-state index contributed by atoms with van der Waals surface area (Å²) in [6.45, 7) is 9.60. The number of nitrogens with one attached hydrogen (secondary N) is 2. The molecule has 2 N–H and O–H groups in total. The van der Waals surface area contributed by atoms with Crippen LogP contribution in [0.25, 0.3) is 0 Å². The summed E-state index contributed by atoms with van der Waals surface area (Å²) < 4.78 is 11.5. The molecule has 0 radical (unpaired) electrons. The highest BCUT2D eigenvalue weighted by Gasteiger charge is 2.23. The lowest BCUT2D eigenvalue weighted by Gasteiger charge is -2.38. The van der Waals surface area contributed by atoms with Gasteiger partial charge in [0.25, 0.3) is 0 Å². The molecule has 1 saturated carbocycles. The molecule has 7 heteroatoms. The van der Waals surface area contributed by atoms with Crippen LogP contribution in [0.2, 0.25) is 0 Å². The van der Waals surface area contributed by atoms with Gasteiger partial charge in [-0.1, -0.05) is 25.7 Å². The molecule has 2 rings (SSSR count). The molecule has 2 unspecified atom stereocenters. The van der Waals surface area contributed by atoms with Crippen molar-refractivity contribution in [1.82, 2.24) is 15.5 Å². The molecule has 0 aromatic rings. The minimum Gasteiger partial charge on any atom is -0.379 e. The summed E-state index contributed by atoms with van der Waals surface area (Å²) in [5.74, 6) is 0.859. The van der Waals surface area contributed by atoms with Crippen LogP contribution in [-0.2, 0) is 9.47 Å². The third kappa shape index (κ3) is 8.71. The molecule has 1 heterocycles. The fourth-order valence-corrected chi connectivity index (χ4v) is 3.78. The van der Waals surface area contributed by atoms with Crippen molar-refractivity contribution >= 4 is 29.9 Å². The van der Waals surface area contributed by atoms with Crippen LogP contribution in [0.1, 0.15) is 52.4 Å². The van der Waals surface area contributed by atoms with Crippen LogP contribution < -0.4 is 10.6 Å². The van der Waals surface area contributed by atoms with Crippen molar-refractivity contribution in [2.75, 3.05) is 46.5 Å². The number of aliphatic imine (C=N–C) groups is 1. The van der Waals surface area contributed by atoms with Crippen molar-refractivity contribution in [3.63, 3.8) is 0 Å². The zero-order valence-electron chi connectivity index (χ0n) is 16.8. The van der Waals surface area contributed by atoms with E-state index in [1.165, 1.54) is 38.5 Å². The van der Waals surface area contributed by atoms with E-state index >= 15 is 0 Å². The lowest BCUT2D eigenvalue weighted by molar-refractivity contribution is -0.0174. The first kappa shape index (κ1) is 23.9. The van der Waals surface area contributed by atoms with E-state index < -0.39 is 0 Å². The maximum Gasteiger partial charge on any atom is 0.191 e. The average Bonchev–Trinajstić information content (AvgIpc) is 2.90. The van der Waals surface area contributed by atoms with E-state index in [4.69, 9.17) is 9.47 Å². The highest BCUT2D eigenvalue weighted by atomic mass is 127. The number of nitrogens with zero attached hydrogens (tertiary/aromatic N) is 2. The van der Waals surface area contributed by atoms with Crippen molar-refractivity contribution in [2.45, 2.75) is 70.6 Å². The van der Waals surface area contributed by atoms with Gasteiger partial charge in [-0.15, -0.1) is 24.0 Å². The Hall–Kier alpha value is -0.120. The van der Waals surface area contributed by atoms with Gasteiger partial charge in [0.2, 0.25) is 0 Å². The van der Waals surface area contributed by atoms with Gasteiger partial charge >= 0.3 is 0 Å². The van der Waals surface area contributed by atoms with Crippen molar-refractivity contribution in [1.29, 1.82) is 0 Å². The summed E-state index contributed by atoms with van der Waals surface area (Å²) in [7, 11) is 1.82. The molecular weight excluding hydrogens is 443 g/mol. The number of rotatable bonds is 7. The van der Waals surface area contributed by atoms with Crippen molar-refractivity contribution in [3.05, 3.63) is 0 Å². The molecule has 2 fully saturated rings. The first-order valence-electron chi connectivity index (χ1n) is 10.1. The molecule has 2 atom stereocenters. The second kappa shape index (κ2) is 14.0. The topological polar surface area (TPSA) is 58.1 Å². The molecule has 6 nitrogen and oxygen atoms in total. The smallest absolute Gasteiger partial charge is 0.191 e. The second-order valence-corrected chi connectivity index (χ2v) is 7.38. The molecule has 1 saturated heterocycles. The van der Waals surface area contributed by atoms with Crippen LogP contribution in [0.4, 0.5) is 0 Å². The Balaban J connectivity index is 0.00000338. The van der Waals surface area contributed by atoms with E-state index in [9.17, 15) is 0 Å². The van der Waals surface area contributed by atoms with Gasteiger partial charge in [0.15, 0.2) is 5.96 Å². The SMILES string of the molecule is CN=C(NCCOC1CCCCCC1)NCC(C)N1CCOCC1C.I.